The number of anilines is 1. The predicted molar refractivity (Wildman–Crippen MR) is 105 cm³/mol. The summed E-state index contributed by atoms with van der Waals surface area (Å²) in [6, 6.07) is 11.5. The number of pyridine rings is 1. The van der Waals surface area contributed by atoms with E-state index in [1.807, 2.05) is 28.0 Å². The summed E-state index contributed by atoms with van der Waals surface area (Å²) >= 11 is 0. The van der Waals surface area contributed by atoms with Crippen molar-refractivity contribution in [1.82, 2.24) is 9.88 Å². The molecule has 5 heteroatoms. The van der Waals surface area contributed by atoms with Gasteiger partial charge in [-0.05, 0) is 49.9 Å². The van der Waals surface area contributed by atoms with Crippen LogP contribution in [0.2, 0.25) is 0 Å². The van der Waals surface area contributed by atoms with E-state index in [1.54, 1.807) is 18.3 Å². The van der Waals surface area contributed by atoms with Crippen LogP contribution in [0.15, 0.2) is 42.6 Å². The number of likely N-dealkylation sites (tertiary alicyclic amines) is 1. The molecule has 1 fully saturated rings. The van der Waals surface area contributed by atoms with E-state index < -0.39 is 0 Å². The number of benzene rings is 1. The van der Waals surface area contributed by atoms with E-state index in [4.69, 9.17) is 0 Å². The molecule has 4 rings (SSSR count). The van der Waals surface area contributed by atoms with Crippen molar-refractivity contribution < 1.29 is 9.59 Å². The molecule has 0 aliphatic carbocycles. The zero-order valence-corrected chi connectivity index (χ0v) is 15.7. The molecular formula is C22H25N3O2. The van der Waals surface area contributed by atoms with Crippen molar-refractivity contribution >= 4 is 17.5 Å². The van der Waals surface area contributed by atoms with Crippen LogP contribution >= 0.6 is 0 Å². The Hall–Kier alpha value is -2.69. The summed E-state index contributed by atoms with van der Waals surface area (Å²) in [5, 5.41) is 0. The summed E-state index contributed by atoms with van der Waals surface area (Å²) in [5.41, 5.74) is 3.04. The Morgan fingerprint density at radius 1 is 1.00 bits per heavy atom. The number of aromatic nitrogens is 1. The molecule has 1 unspecified atom stereocenters. The molecule has 0 bridgehead atoms. The van der Waals surface area contributed by atoms with Crippen LogP contribution in [0.1, 0.15) is 59.0 Å². The van der Waals surface area contributed by atoms with Gasteiger partial charge in [0.25, 0.3) is 11.8 Å². The molecule has 140 valence electrons. The largest absolute Gasteiger partial charge is 0.337 e. The summed E-state index contributed by atoms with van der Waals surface area (Å²) in [7, 11) is 0. The van der Waals surface area contributed by atoms with Gasteiger partial charge in [0.05, 0.1) is 0 Å². The minimum absolute atomic E-state index is 0.0681. The van der Waals surface area contributed by atoms with Crippen LogP contribution in [-0.2, 0) is 6.42 Å². The fourth-order valence-electron chi connectivity index (χ4n) is 4.13. The molecule has 1 atom stereocenters. The van der Waals surface area contributed by atoms with Crippen LogP contribution in [0.25, 0.3) is 0 Å². The summed E-state index contributed by atoms with van der Waals surface area (Å²) in [6.07, 6.45) is 6.83. The van der Waals surface area contributed by atoms with Gasteiger partial charge in [0.15, 0.2) is 0 Å². The first kappa shape index (κ1) is 17.7. The molecule has 0 saturated carbocycles. The first-order valence-corrected chi connectivity index (χ1v) is 9.82. The van der Waals surface area contributed by atoms with Gasteiger partial charge in [0, 0.05) is 36.6 Å². The van der Waals surface area contributed by atoms with Crippen LogP contribution in [0.3, 0.4) is 0 Å². The molecule has 3 heterocycles. The zero-order chi connectivity index (χ0) is 18.8. The van der Waals surface area contributed by atoms with Crippen LogP contribution in [-0.4, -0.2) is 40.8 Å². The Morgan fingerprint density at radius 3 is 2.52 bits per heavy atom. The average Bonchev–Trinajstić information content (AvgIpc) is 2.86. The van der Waals surface area contributed by atoms with E-state index >= 15 is 0 Å². The maximum absolute atomic E-state index is 13.2. The minimum atomic E-state index is -0.0697. The number of carbonyl (C=O) groups excluding carboxylic acids is 2. The molecule has 2 aromatic rings. The van der Waals surface area contributed by atoms with Crippen molar-refractivity contribution in [3.05, 3.63) is 59.4 Å². The second kappa shape index (κ2) is 7.51. The molecule has 1 aromatic carbocycles. The standard InChI is InChI=1S/C22H25N3O2/c1-16-14-17-8-4-5-9-20(17)25(16)21(26)18-10-11-23-19(15-18)22(27)24-12-6-2-3-7-13-24/h4-5,8-11,15-16H,2-3,6-7,12-14H2,1H3. The van der Waals surface area contributed by atoms with Gasteiger partial charge in [-0.25, -0.2) is 0 Å². The molecule has 2 aliphatic rings. The van der Waals surface area contributed by atoms with Gasteiger partial charge in [-0.1, -0.05) is 31.0 Å². The normalized spacial score (nSPS) is 19.5. The summed E-state index contributed by atoms with van der Waals surface area (Å²) < 4.78 is 0. The topological polar surface area (TPSA) is 53.5 Å². The molecule has 0 N–H and O–H groups in total. The highest BCUT2D eigenvalue weighted by molar-refractivity contribution is 6.08. The third-order valence-electron chi connectivity index (χ3n) is 5.55. The molecular weight excluding hydrogens is 338 g/mol. The van der Waals surface area contributed by atoms with Gasteiger partial charge in [0.1, 0.15) is 5.69 Å². The van der Waals surface area contributed by atoms with Crippen LogP contribution in [0, 0.1) is 0 Å². The monoisotopic (exact) mass is 363 g/mol. The second-order valence-corrected chi connectivity index (χ2v) is 7.49. The van der Waals surface area contributed by atoms with E-state index in [-0.39, 0.29) is 17.9 Å². The third-order valence-corrected chi connectivity index (χ3v) is 5.55. The Kier molecular flexibility index (Phi) is 4.92. The molecule has 0 radical (unpaired) electrons. The van der Waals surface area contributed by atoms with Crippen LogP contribution < -0.4 is 4.90 Å². The maximum atomic E-state index is 13.2. The van der Waals surface area contributed by atoms with Crippen molar-refractivity contribution in [2.45, 2.75) is 45.1 Å². The smallest absolute Gasteiger partial charge is 0.272 e. The fourth-order valence-corrected chi connectivity index (χ4v) is 4.13. The Bertz CT molecular complexity index is 856. The van der Waals surface area contributed by atoms with Gasteiger partial charge in [-0.15, -0.1) is 0 Å². The summed E-state index contributed by atoms with van der Waals surface area (Å²) in [6.45, 7) is 3.60. The number of nitrogens with zero attached hydrogens (tertiary/aromatic N) is 3. The molecule has 1 saturated heterocycles. The number of rotatable bonds is 2. The molecule has 2 aliphatic heterocycles. The lowest BCUT2D eigenvalue weighted by atomic mass is 10.1. The SMILES string of the molecule is CC1Cc2ccccc2N1C(=O)c1ccnc(C(=O)N2CCCCCC2)c1. The van der Waals surface area contributed by atoms with Crippen molar-refractivity contribution in [2.24, 2.45) is 0 Å². The van der Waals surface area contributed by atoms with Crippen molar-refractivity contribution in [3.63, 3.8) is 0 Å². The molecule has 5 nitrogen and oxygen atoms in total. The lowest BCUT2D eigenvalue weighted by molar-refractivity contribution is 0.0755. The average molecular weight is 363 g/mol. The number of hydrogen-bond donors (Lipinski definition) is 0. The number of amides is 2. The van der Waals surface area contributed by atoms with Crippen LogP contribution in [0.4, 0.5) is 5.69 Å². The second-order valence-electron chi connectivity index (χ2n) is 7.49. The lowest BCUT2D eigenvalue weighted by Crippen LogP contribution is -2.36. The molecule has 0 spiro atoms. The van der Waals surface area contributed by atoms with Crippen LogP contribution in [0.5, 0.6) is 0 Å². The van der Waals surface area contributed by atoms with Crippen molar-refractivity contribution in [3.8, 4) is 0 Å². The Balaban J connectivity index is 1.59. The Labute approximate surface area is 160 Å². The van der Waals surface area contributed by atoms with E-state index in [2.05, 4.69) is 18.0 Å². The summed E-state index contributed by atoms with van der Waals surface area (Å²) in [5.74, 6) is -0.138. The number of hydrogen-bond acceptors (Lipinski definition) is 3. The number of para-hydroxylation sites is 1. The van der Waals surface area contributed by atoms with Crippen molar-refractivity contribution in [1.29, 1.82) is 0 Å². The molecule has 2 amide bonds. The fraction of sp³-hybridized carbons (Fsp3) is 0.409. The van der Waals surface area contributed by atoms with Gasteiger partial charge in [-0.2, -0.15) is 0 Å². The highest BCUT2D eigenvalue weighted by Gasteiger charge is 2.31. The predicted octanol–water partition coefficient (Wildman–Crippen LogP) is 3.69. The van der Waals surface area contributed by atoms with Crippen molar-refractivity contribution in [2.75, 3.05) is 18.0 Å². The van der Waals surface area contributed by atoms with Gasteiger partial charge in [0.2, 0.25) is 0 Å². The van der Waals surface area contributed by atoms with E-state index in [1.165, 1.54) is 18.4 Å². The van der Waals surface area contributed by atoms with E-state index in [0.717, 1.165) is 38.0 Å². The summed E-state index contributed by atoms with van der Waals surface area (Å²) in [4.78, 5) is 34.0. The van der Waals surface area contributed by atoms with Gasteiger partial charge in [-0.3, -0.25) is 14.6 Å². The van der Waals surface area contributed by atoms with Gasteiger partial charge >= 0.3 is 0 Å². The van der Waals surface area contributed by atoms with Gasteiger partial charge < -0.3 is 9.80 Å². The lowest BCUT2D eigenvalue weighted by Gasteiger charge is -2.23. The highest BCUT2D eigenvalue weighted by Crippen LogP contribution is 2.33. The number of carbonyl (C=O) groups is 2. The molecule has 27 heavy (non-hydrogen) atoms. The number of fused-ring (bicyclic) bond motifs is 1. The first-order valence-electron chi connectivity index (χ1n) is 9.82. The molecule has 1 aromatic heterocycles. The highest BCUT2D eigenvalue weighted by atomic mass is 16.2. The third kappa shape index (κ3) is 3.46. The minimum Gasteiger partial charge on any atom is -0.337 e. The van der Waals surface area contributed by atoms with E-state index in [0.29, 0.717) is 11.3 Å². The Morgan fingerprint density at radius 2 is 1.74 bits per heavy atom. The zero-order valence-electron chi connectivity index (χ0n) is 15.7. The first-order chi connectivity index (χ1) is 13.1. The quantitative estimate of drug-likeness (QED) is 0.818. The van der Waals surface area contributed by atoms with E-state index in [9.17, 15) is 9.59 Å². The maximum Gasteiger partial charge on any atom is 0.272 e.